The Balaban J connectivity index is 1.40. The lowest BCUT2D eigenvalue weighted by atomic mass is 9.33. The van der Waals surface area contributed by atoms with Crippen LogP contribution in [-0.4, -0.2) is 6.71 Å². The number of aryl methyl sites for hydroxylation is 1. The van der Waals surface area contributed by atoms with Crippen LogP contribution >= 0.6 is 11.3 Å². The highest BCUT2D eigenvalue weighted by molar-refractivity contribution is 7.26. The Bertz CT molecular complexity index is 3100. The van der Waals surface area contributed by atoms with Crippen LogP contribution in [0.5, 0.6) is 0 Å². The van der Waals surface area contributed by atoms with E-state index >= 15 is 0 Å². The SMILES string of the molecule is Cc1cc2c3c(c1)N(c1ccc(C(C)(C)C)cc1-c1ccccc1)c1c(ccc4c1C(C)(C)CCC4(C)C)B3c1c(sc3ccc(C(C)(C)C)cc13)N2c1cc(C(C)(C)C)cc(C(C)(C)C)c1. The molecular formula is C63H73BN2S. The number of benzene rings is 6. The highest BCUT2D eigenvalue weighted by atomic mass is 32.1. The molecule has 10 rings (SSSR count). The molecule has 0 bridgehead atoms. The van der Waals surface area contributed by atoms with E-state index in [9.17, 15) is 0 Å². The standard InChI is InChI=1S/C63H73BN2S/c1-38-31-50-55-51(32-38)66(49-27-23-40(58(2,3)4)36-45(49)39-21-19-18-20-22-39)56-48(26-25-47-53(56)63(16,17)30-29-62(47,14)15)64(55)54-46-37-41(59(5,6)7)24-28-52(46)67-57(54)65(50)44-34-42(60(8,9)10)33-43(35-44)61(11,12)13/h18-28,31-37H,29-30H2,1-17H3. The van der Waals surface area contributed by atoms with E-state index in [4.69, 9.17) is 0 Å². The van der Waals surface area contributed by atoms with Gasteiger partial charge in [-0.05, 0) is 161 Å². The molecule has 0 saturated heterocycles. The van der Waals surface area contributed by atoms with Crippen molar-refractivity contribution in [2.75, 3.05) is 9.80 Å². The topological polar surface area (TPSA) is 6.48 Å². The van der Waals surface area contributed by atoms with Gasteiger partial charge in [0.1, 0.15) is 0 Å². The van der Waals surface area contributed by atoms with Crippen LogP contribution in [0.4, 0.5) is 33.4 Å². The summed E-state index contributed by atoms with van der Waals surface area (Å²) in [6.07, 6.45) is 2.30. The Morgan fingerprint density at radius 2 is 1.09 bits per heavy atom. The van der Waals surface area contributed by atoms with Crippen molar-refractivity contribution >= 4 is 78.0 Å². The van der Waals surface area contributed by atoms with E-state index in [1.54, 1.807) is 0 Å². The van der Waals surface area contributed by atoms with E-state index in [0.29, 0.717) is 0 Å². The molecule has 3 aliphatic rings. The summed E-state index contributed by atoms with van der Waals surface area (Å²) in [4.78, 5) is 5.46. The van der Waals surface area contributed by atoms with Crippen molar-refractivity contribution in [3.63, 3.8) is 0 Å². The number of fused-ring (bicyclic) bond motifs is 8. The minimum atomic E-state index is -0.0483. The van der Waals surface area contributed by atoms with Gasteiger partial charge in [0, 0.05) is 33.0 Å². The zero-order valence-corrected chi connectivity index (χ0v) is 44.5. The van der Waals surface area contributed by atoms with Gasteiger partial charge in [-0.25, -0.2) is 0 Å². The van der Waals surface area contributed by atoms with Crippen molar-refractivity contribution in [1.82, 2.24) is 0 Å². The van der Waals surface area contributed by atoms with Crippen molar-refractivity contribution in [2.45, 2.75) is 163 Å². The zero-order chi connectivity index (χ0) is 48.1. The number of nitrogens with zero attached hydrogens (tertiary/aromatic N) is 2. The minimum absolute atomic E-state index is 0.00318. The Morgan fingerprint density at radius 1 is 0.522 bits per heavy atom. The lowest BCUT2D eigenvalue weighted by molar-refractivity contribution is 0.333. The Morgan fingerprint density at radius 3 is 1.70 bits per heavy atom. The third-order valence-corrected chi connectivity index (χ3v) is 16.9. The predicted molar refractivity (Wildman–Crippen MR) is 296 cm³/mol. The fourth-order valence-electron chi connectivity index (χ4n) is 11.5. The average molecular weight is 901 g/mol. The molecular weight excluding hydrogens is 828 g/mol. The molecule has 0 amide bonds. The normalized spacial score (nSPS) is 16.5. The molecule has 0 N–H and O–H groups in total. The molecule has 67 heavy (non-hydrogen) atoms. The summed E-state index contributed by atoms with van der Waals surface area (Å²) >= 11 is 1.98. The third-order valence-electron chi connectivity index (χ3n) is 15.7. The highest BCUT2D eigenvalue weighted by Crippen LogP contribution is 2.56. The lowest BCUT2D eigenvalue weighted by Gasteiger charge is -2.49. The minimum Gasteiger partial charge on any atom is -0.310 e. The van der Waals surface area contributed by atoms with Crippen molar-refractivity contribution in [1.29, 1.82) is 0 Å². The van der Waals surface area contributed by atoms with Gasteiger partial charge in [0.25, 0.3) is 6.71 Å². The van der Waals surface area contributed by atoms with Crippen molar-refractivity contribution in [3.05, 3.63) is 148 Å². The summed E-state index contributed by atoms with van der Waals surface area (Å²) in [5.74, 6) is 0. The molecule has 1 aliphatic carbocycles. The Hall–Kier alpha value is -5.06. The molecule has 1 aromatic heterocycles. The van der Waals surface area contributed by atoms with Gasteiger partial charge in [-0.3, -0.25) is 0 Å². The smallest absolute Gasteiger partial charge is 0.254 e. The number of hydrogen-bond donors (Lipinski definition) is 0. The Kier molecular flexibility index (Phi) is 10.2. The van der Waals surface area contributed by atoms with Crippen LogP contribution < -0.4 is 26.2 Å². The van der Waals surface area contributed by atoms with Gasteiger partial charge in [-0.1, -0.05) is 178 Å². The summed E-state index contributed by atoms with van der Waals surface area (Å²) in [6.45, 7) is 40.7. The van der Waals surface area contributed by atoms with Crippen LogP contribution in [0.3, 0.4) is 0 Å². The van der Waals surface area contributed by atoms with Crippen LogP contribution in [-0.2, 0) is 32.5 Å². The van der Waals surface area contributed by atoms with Gasteiger partial charge in [0.2, 0.25) is 0 Å². The van der Waals surface area contributed by atoms with E-state index in [1.807, 2.05) is 11.3 Å². The Labute approximate surface area is 407 Å². The molecule has 3 heterocycles. The average Bonchev–Trinajstić information content (AvgIpc) is 3.62. The maximum Gasteiger partial charge on any atom is 0.254 e. The molecule has 0 saturated carbocycles. The van der Waals surface area contributed by atoms with Gasteiger partial charge in [-0.2, -0.15) is 0 Å². The van der Waals surface area contributed by atoms with Crippen molar-refractivity contribution < 1.29 is 0 Å². The molecule has 0 unspecified atom stereocenters. The van der Waals surface area contributed by atoms with Crippen LogP contribution in [0, 0.1) is 6.92 Å². The first-order chi connectivity index (χ1) is 31.1. The van der Waals surface area contributed by atoms with E-state index in [-0.39, 0.29) is 39.2 Å². The molecule has 0 fully saturated rings. The molecule has 0 radical (unpaired) electrons. The molecule has 4 heteroatoms. The summed E-state index contributed by atoms with van der Waals surface area (Å²) in [7, 11) is 0. The van der Waals surface area contributed by atoms with E-state index < -0.39 is 0 Å². The molecule has 2 nitrogen and oxygen atoms in total. The monoisotopic (exact) mass is 901 g/mol. The quantitative estimate of drug-likeness (QED) is 0.163. The first kappa shape index (κ1) is 45.7. The fraction of sp³-hybridized carbons (Fsp3) is 0.397. The number of hydrogen-bond acceptors (Lipinski definition) is 3. The summed E-state index contributed by atoms with van der Waals surface area (Å²) in [5, 5.41) is 2.73. The summed E-state index contributed by atoms with van der Waals surface area (Å²) < 4.78 is 1.35. The fourth-order valence-corrected chi connectivity index (χ4v) is 12.8. The molecule has 0 atom stereocenters. The second-order valence-corrected chi connectivity index (χ2v) is 26.9. The van der Waals surface area contributed by atoms with E-state index in [1.165, 1.54) is 116 Å². The van der Waals surface area contributed by atoms with Gasteiger partial charge >= 0.3 is 0 Å². The van der Waals surface area contributed by atoms with Gasteiger partial charge in [0.15, 0.2) is 0 Å². The van der Waals surface area contributed by atoms with Crippen LogP contribution in [0.25, 0.3) is 21.2 Å². The summed E-state index contributed by atoms with van der Waals surface area (Å²) in [6, 6.07) is 43.6. The molecule has 2 aliphatic heterocycles. The highest BCUT2D eigenvalue weighted by Gasteiger charge is 2.50. The first-order valence-electron chi connectivity index (χ1n) is 25.0. The van der Waals surface area contributed by atoms with E-state index in [2.05, 4.69) is 237 Å². The second kappa shape index (κ2) is 15.0. The summed E-state index contributed by atoms with van der Waals surface area (Å²) in [5.41, 5.74) is 22.9. The van der Waals surface area contributed by atoms with Gasteiger partial charge in [0.05, 0.1) is 10.7 Å². The van der Waals surface area contributed by atoms with Crippen LogP contribution in [0.1, 0.15) is 163 Å². The van der Waals surface area contributed by atoms with Crippen LogP contribution in [0.15, 0.2) is 109 Å². The van der Waals surface area contributed by atoms with Gasteiger partial charge in [-0.15, -0.1) is 11.3 Å². The maximum atomic E-state index is 2.76. The maximum absolute atomic E-state index is 2.76. The zero-order valence-electron chi connectivity index (χ0n) is 43.7. The van der Waals surface area contributed by atoms with Gasteiger partial charge < -0.3 is 9.80 Å². The largest absolute Gasteiger partial charge is 0.310 e. The first-order valence-corrected chi connectivity index (χ1v) is 25.8. The van der Waals surface area contributed by atoms with E-state index in [0.717, 1.165) is 6.42 Å². The lowest BCUT2D eigenvalue weighted by Crippen LogP contribution is -2.61. The number of rotatable bonds is 3. The molecule has 6 aromatic carbocycles. The van der Waals surface area contributed by atoms with Crippen LogP contribution in [0.2, 0.25) is 0 Å². The molecule has 7 aromatic rings. The van der Waals surface area contributed by atoms with Crippen molar-refractivity contribution in [3.8, 4) is 11.1 Å². The molecule has 0 spiro atoms. The number of thiophene rings is 1. The third kappa shape index (κ3) is 7.42. The number of anilines is 6. The molecule has 344 valence electrons. The second-order valence-electron chi connectivity index (χ2n) is 25.9. The van der Waals surface area contributed by atoms with Crippen molar-refractivity contribution in [2.24, 2.45) is 0 Å². The predicted octanol–water partition coefficient (Wildman–Crippen LogP) is 16.5.